The fourth-order valence-corrected chi connectivity index (χ4v) is 10.5. The van der Waals surface area contributed by atoms with E-state index in [2.05, 4.69) is 216 Å². The van der Waals surface area contributed by atoms with Crippen LogP contribution in [-0.4, -0.2) is 6.71 Å². The van der Waals surface area contributed by atoms with Crippen molar-refractivity contribution in [2.45, 2.75) is 79.1 Å². The van der Waals surface area contributed by atoms with Crippen molar-refractivity contribution in [3.63, 3.8) is 0 Å². The Morgan fingerprint density at radius 3 is 1.38 bits per heavy atom. The first-order valence-electron chi connectivity index (χ1n) is 21.0. The van der Waals surface area contributed by atoms with Gasteiger partial charge in [0.25, 0.3) is 6.71 Å². The first kappa shape index (κ1) is 36.4. The monoisotopic (exact) mass is 753 g/mol. The van der Waals surface area contributed by atoms with E-state index in [4.69, 9.17) is 0 Å². The zero-order valence-corrected chi connectivity index (χ0v) is 35.2. The van der Waals surface area contributed by atoms with Crippen molar-refractivity contribution in [3.05, 3.63) is 179 Å². The number of rotatable bonds is 5. The predicted octanol–water partition coefficient (Wildman–Crippen LogP) is 12.8. The maximum absolute atomic E-state index is 2.64. The summed E-state index contributed by atoms with van der Waals surface area (Å²) in [7, 11) is 0. The lowest BCUT2D eigenvalue weighted by Gasteiger charge is -2.48. The average Bonchev–Trinajstić information content (AvgIpc) is 3.21. The Hall–Kier alpha value is -6.00. The Morgan fingerprint density at radius 2 is 0.879 bits per heavy atom. The van der Waals surface area contributed by atoms with Crippen LogP contribution in [-0.2, 0) is 10.8 Å². The standard InChI is InChI=1S/C54H52BN3/c1-35-18-15-19-36(2)51(35)57-46-26-17-27-47-50(46)55(44-29-28-41(32-48(44)57)56(39-22-11-9-12-23-39)40-24-13-10-14-25-40)45-33-42-43(54(7,8)31-30-53(42,5)6)34-49(45)58(47)52-37(3)20-16-21-38(52)4/h9-29,32-34H,30-31H2,1-8H3. The Bertz CT molecular complexity index is 2670. The Kier molecular flexibility index (Phi) is 8.32. The second-order valence-corrected chi connectivity index (χ2v) is 18.3. The van der Waals surface area contributed by atoms with Crippen molar-refractivity contribution in [3.8, 4) is 0 Å². The summed E-state index contributed by atoms with van der Waals surface area (Å²) in [5.74, 6) is 0. The van der Waals surface area contributed by atoms with E-state index in [9.17, 15) is 0 Å². The number of hydrogen-bond acceptors (Lipinski definition) is 3. The Balaban J connectivity index is 1.32. The third-order valence-corrected chi connectivity index (χ3v) is 13.6. The molecule has 0 radical (unpaired) electrons. The third kappa shape index (κ3) is 5.48. The summed E-state index contributed by atoms with van der Waals surface area (Å²) >= 11 is 0. The van der Waals surface area contributed by atoms with Gasteiger partial charge in [-0.05, 0) is 156 Å². The van der Waals surface area contributed by atoms with Gasteiger partial charge in [-0.25, -0.2) is 0 Å². The van der Waals surface area contributed by atoms with Crippen LogP contribution in [0.5, 0.6) is 0 Å². The zero-order chi connectivity index (χ0) is 40.1. The van der Waals surface area contributed by atoms with Crippen molar-refractivity contribution in [1.82, 2.24) is 0 Å². The molecule has 0 atom stereocenters. The lowest BCUT2D eigenvalue weighted by atomic mass is 9.33. The first-order chi connectivity index (χ1) is 27.9. The predicted molar refractivity (Wildman–Crippen MR) is 249 cm³/mol. The second kappa shape index (κ2) is 13.3. The van der Waals surface area contributed by atoms with E-state index >= 15 is 0 Å². The molecule has 2 heterocycles. The summed E-state index contributed by atoms with van der Waals surface area (Å²) < 4.78 is 0. The SMILES string of the molecule is Cc1cccc(C)c1N1c2cc(N(c3ccccc3)c3ccccc3)ccc2B2c3cc4c(cc3N(c3c(C)cccc3C)c3cccc1c32)C(C)(C)CCC4(C)C. The van der Waals surface area contributed by atoms with E-state index in [0.717, 1.165) is 17.1 Å². The van der Waals surface area contributed by atoms with Crippen LogP contribution in [0.25, 0.3) is 0 Å². The van der Waals surface area contributed by atoms with E-state index in [1.54, 1.807) is 0 Å². The van der Waals surface area contributed by atoms with E-state index in [1.165, 1.54) is 96.7 Å². The molecule has 0 bridgehead atoms. The summed E-state index contributed by atoms with van der Waals surface area (Å²) in [6.07, 6.45) is 2.35. The molecule has 0 aromatic heterocycles. The largest absolute Gasteiger partial charge is 0.311 e. The number of fused-ring (bicyclic) bond motifs is 5. The van der Waals surface area contributed by atoms with Gasteiger partial charge in [0.15, 0.2) is 0 Å². The highest BCUT2D eigenvalue weighted by molar-refractivity contribution is 7.00. The molecule has 4 heteroatoms. The molecule has 7 aromatic carbocycles. The van der Waals surface area contributed by atoms with Crippen LogP contribution in [0.15, 0.2) is 146 Å². The molecule has 0 saturated heterocycles. The van der Waals surface area contributed by atoms with Crippen molar-refractivity contribution < 1.29 is 0 Å². The number of hydrogen-bond donors (Lipinski definition) is 0. The molecule has 0 unspecified atom stereocenters. The summed E-state index contributed by atoms with van der Waals surface area (Å²) in [5, 5.41) is 0. The topological polar surface area (TPSA) is 9.72 Å². The molecule has 286 valence electrons. The summed E-state index contributed by atoms with van der Waals surface area (Å²) in [4.78, 5) is 7.61. The van der Waals surface area contributed by atoms with Crippen LogP contribution < -0.4 is 31.1 Å². The smallest absolute Gasteiger partial charge is 0.252 e. The molecule has 0 N–H and O–H groups in total. The molecular weight excluding hydrogens is 701 g/mol. The minimum absolute atomic E-state index is 0.0411. The molecule has 58 heavy (non-hydrogen) atoms. The maximum Gasteiger partial charge on any atom is 0.252 e. The summed E-state index contributed by atoms with van der Waals surface area (Å²) in [5.41, 5.74) is 23.3. The van der Waals surface area contributed by atoms with Crippen LogP contribution in [0.2, 0.25) is 0 Å². The molecule has 7 aromatic rings. The first-order valence-corrected chi connectivity index (χ1v) is 21.0. The highest BCUT2D eigenvalue weighted by Gasteiger charge is 2.47. The quantitative estimate of drug-likeness (QED) is 0.162. The van der Waals surface area contributed by atoms with Crippen molar-refractivity contribution in [2.24, 2.45) is 0 Å². The molecule has 0 amide bonds. The molecule has 2 aliphatic heterocycles. The maximum atomic E-state index is 2.64. The highest BCUT2D eigenvalue weighted by atomic mass is 15.2. The number of aryl methyl sites for hydroxylation is 4. The van der Waals surface area contributed by atoms with Gasteiger partial charge in [-0.2, -0.15) is 0 Å². The molecule has 1 aliphatic carbocycles. The van der Waals surface area contributed by atoms with Crippen LogP contribution in [0.4, 0.5) is 51.2 Å². The molecule has 3 nitrogen and oxygen atoms in total. The molecular formula is C54H52BN3. The lowest BCUT2D eigenvalue weighted by molar-refractivity contribution is 0.332. The Morgan fingerprint density at radius 1 is 0.431 bits per heavy atom. The van der Waals surface area contributed by atoms with Crippen molar-refractivity contribution >= 4 is 74.3 Å². The summed E-state index contributed by atoms with van der Waals surface area (Å²) in [6.45, 7) is 19.0. The van der Waals surface area contributed by atoms with Crippen LogP contribution in [0.3, 0.4) is 0 Å². The zero-order valence-electron chi connectivity index (χ0n) is 35.2. The lowest BCUT2D eigenvalue weighted by Crippen LogP contribution is -2.62. The normalized spacial score (nSPS) is 15.6. The van der Waals surface area contributed by atoms with Gasteiger partial charge < -0.3 is 14.7 Å². The molecule has 0 fully saturated rings. The average molecular weight is 754 g/mol. The van der Waals surface area contributed by atoms with E-state index in [-0.39, 0.29) is 17.5 Å². The molecule has 10 rings (SSSR count). The molecule has 3 aliphatic rings. The fraction of sp³-hybridized carbons (Fsp3) is 0.222. The number of para-hydroxylation sites is 4. The van der Waals surface area contributed by atoms with Gasteiger partial charge in [0, 0.05) is 39.8 Å². The highest BCUT2D eigenvalue weighted by Crippen LogP contribution is 2.51. The second-order valence-electron chi connectivity index (χ2n) is 18.3. The van der Waals surface area contributed by atoms with Gasteiger partial charge in [-0.1, -0.05) is 119 Å². The minimum atomic E-state index is 0.0411. The van der Waals surface area contributed by atoms with E-state index < -0.39 is 0 Å². The van der Waals surface area contributed by atoms with Gasteiger partial charge >= 0.3 is 0 Å². The van der Waals surface area contributed by atoms with Crippen LogP contribution >= 0.6 is 0 Å². The minimum Gasteiger partial charge on any atom is -0.311 e. The Labute approximate surface area is 345 Å². The van der Waals surface area contributed by atoms with E-state index in [1.807, 2.05) is 0 Å². The van der Waals surface area contributed by atoms with Crippen LogP contribution in [0, 0.1) is 27.7 Å². The fourth-order valence-electron chi connectivity index (χ4n) is 10.5. The van der Waals surface area contributed by atoms with Crippen molar-refractivity contribution in [2.75, 3.05) is 14.7 Å². The van der Waals surface area contributed by atoms with Crippen LogP contribution in [0.1, 0.15) is 73.9 Å². The van der Waals surface area contributed by atoms with Gasteiger partial charge in [-0.15, -0.1) is 0 Å². The third-order valence-electron chi connectivity index (χ3n) is 13.6. The number of anilines is 9. The number of nitrogens with zero attached hydrogens (tertiary/aromatic N) is 3. The van der Waals surface area contributed by atoms with Gasteiger partial charge in [0.05, 0.1) is 11.4 Å². The van der Waals surface area contributed by atoms with E-state index in [0.29, 0.717) is 0 Å². The molecule has 0 spiro atoms. The van der Waals surface area contributed by atoms with Gasteiger partial charge in [-0.3, -0.25) is 0 Å². The van der Waals surface area contributed by atoms with Crippen molar-refractivity contribution in [1.29, 1.82) is 0 Å². The molecule has 0 saturated carbocycles. The summed E-state index contributed by atoms with van der Waals surface area (Å²) in [6, 6.07) is 54.6. The van der Waals surface area contributed by atoms with Gasteiger partial charge in [0.1, 0.15) is 0 Å². The van der Waals surface area contributed by atoms with Gasteiger partial charge in [0.2, 0.25) is 0 Å². The number of benzene rings is 7.